The van der Waals surface area contributed by atoms with E-state index in [1.807, 2.05) is 0 Å². The Kier molecular flexibility index (Phi) is 4.25. The number of rotatable bonds is 5. The summed E-state index contributed by atoms with van der Waals surface area (Å²) in [5.74, 6) is 0. The summed E-state index contributed by atoms with van der Waals surface area (Å²) in [7, 11) is 1.22. The van der Waals surface area contributed by atoms with Crippen LogP contribution in [0.4, 0.5) is 0 Å². The van der Waals surface area contributed by atoms with Crippen LogP contribution in [0.5, 0.6) is 0 Å². The lowest BCUT2D eigenvalue weighted by Gasteiger charge is -2.26. The number of hydrogen-bond acceptors (Lipinski definition) is 0. The molecule has 0 amide bonds. The first-order valence-electron chi connectivity index (χ1n) is 5.74. The van der Waals surface area contributed by atoms with Gasteiger partial charge in [-0.3, -0.25) is 0 Å². The predicted octanol–water partition coefficient (Wildman–Crippen LogP) is 3.14. The van der Waals surface area contributed by atoms with E-state index in [4.69, 9.17) is 0 Å². The molecule has 0 nitrogen and oxygen atoms in total. The van der Waals surface area contributed by atoms with Crippen LogP contribution in [0, 0.1) is 0 Å². The van der Waals surface area contributed by atoms with E-state index in [0.717, 1.165) is 0 Å². The van der Waals surface area contributed by atoms with Crippen LogP contribution < -0.4 is 5.46 Å². The first-order chi connectivity index (χ1) is 6.70. The van der Waals surface area contributed by atoms with E-state index in [0.29, 0.717) is 5.31 Å². The van der Waals surface area contributed by atoms with Gasteiger partial charge in [0.05, 0.1) is 0 Å². The number of hydrogen-bond donors (Lipinski definition) is 0. The van der Waals surface area contributed by atoms with Crippen LogP contribution >= 0.6 is 0 Å². The van der Waals surface area contributed by atoms with Crippen molar-refractivity contribution in [3.63, 3.8) is 0 Å². The highest BCUT2D eigenvalue weighted by Crippen LogP contribution is 2.33. The monoisotopic (exact) mass is 188 g/mol. The first kappa shape index (κ1) is 11.4. The molecule has 0 aliphatic carbocycles. The lowest BCUT2D eigenvalue weighted by molar-refractivity contribution is 0.529. The fourth-order valence-corrected chi connectivity index (χ4v) is 2.08. The van der Waals surface area contributed by atoms with Gasteiger partial charge >= 0.3 is 0 Å². The first-order valence-corrected chi connectivity index (χ1v) is 5.74. The van der Waals surface area contributed by atoms with Gasteiger partial charge in [-0.2, -0.15) is 0 Å². The van der Waals surface area contributed by atoms with Crippen molar-refractivity contribution in [3.05, 3.63) is 30.3 Å². The highest BCUT2D eigenvalue weighted by molar-refractivity contribution is 6.56. The molecule has 1 rings (SSSR count). The van der Waals surface area contributed by atoms with Crippen molar-refractivity contribution in [3.8, 4) is 0 Å². The molecular formula is C13H21B. The van der Waals surface area contributed by atoms with Crippen LogP contribution in [0.15, 0.2) is 30.3 Å². The van der Waals surface area contributed by atoms with Crippen molar-refractivity contribution < 1.29 is 0 Å². The Hall–Kier alpha value is -0.715. The predicted molar refractivity (Wildman–Crippen MR) is 66.8 cm³/mol. The molecular weight excluding hydrogens is 167 g/mol. The normalized spacial score (nSPS) is 14.8. The van der Waals surface area contributed by atoms with Gasteiger partial charge in [0.15, 0.2) is 7.28 Å². The smallest absolute Gasteiger partial charge is 0.0839 e. The fourth-order valence-electron chi connectivity index (χ4n) is 2.08. The summed E-state index contributed by atoms with van der Waals surface area (Å²) in [6, 6.07) is 10.8. The summed E-state index contributed by atoms with van der Waals surface area (Å²) in [4.78, 5) is 0. The Morgan fingerprint density at radius 2 is 1.79 bits per heavy atom. The molecule has 0 aromatic heterocycles. The lowest BCUT2D eigenvalue weighted by Crippen LogP contribution is -2.27. The molecule has 0 fully saturated rings. The fraction of sp³-hybridized carbons (Fsp3) is 0.538. The zero-order chi connectivity index (χ0) is 10.4. The van der Waals surface area contributed by atoms with Crippen molar-refractivity contribution in [2.24, 2.45) is 0 Å². The van der Waals surface area contributed by atoms with E-state index in [2.05, 4.69) is 51.1 Å². The molecule has 1 aromatic rings. The molecule has 76 valence electrons. The van der Waals surface area contributed by atoms with E-state index in [1.165, 1.54) is 32.0 Å². The van der Waals surface area contributed by atoms with Crippen molar-refractivity contribution >= 4 is 12.7 Å². The van der Waals surface area contributed by atoms with E-state index >= 15 is 0 Å². The zero-order valence-corrected chi connectivity index (χ0v) is 9.72. The molecule has 0 bridgehead atoms. The molecule has 0 aliphatic rings. The Labute approximate surface area is 89.0 Å². The van der Waals surface area contributed by atoms with Crippen LogP contribution in [0.25, 0.3) is 0 Å². The molecule has 0 N–H and O–H groups in total. The molecule has 1 heteroatoms. The van der Waals surface area contributed by atoms with Gasteiger partial charge in [0.1, 0.15) is 0 Å². The van der Waals surface area contributed by atoms with Crippen molar-refractivity contribution in [2.75, 3.05) is 0 Å². The third kappa shape index (κ3) is 3.21. The molecule has 0 radical (unpaired) electrons. The SMILES string of the molecule is CCCC(C)(Bc1ccccc1)CC. The summed E-state index contributed by atoms with van der Waals surface area (Å²) >= 11 is 0. The maximum Gasteiger partial charge on any atom is 0.163 e. The Morgan fingerprint density at radius 3 is 2.29 bits per heavy atom. The van der Waals surface area contributed by atoms with Gasteiger partial charge in [0.2, 0.25) is 0 Å². The molecule has 14 heavy (non-hydrogen) atoms. The Balaban J connectivity index is 2.65. The van der Waals surface area contributed by atoms with Crippen molar-refractivity contribution in [1.29, 1.82) is 0 Å². The minimum absolute atomic E-state index is 0.496. The second kappa shape index (κ2) is 5.24. The maximum atomic E-state index is 2.41. The molecule has 1 unspecified atom stereocenters. The second-order valence-electron chi connectivity index (χ2n) is 4.58. The second-order valence-corrected chi connectivity index (χ2v) is 4.58. The highest BCUT2D eigenvalue weighted by atomic mass is 14.1. The van der Waals surface area contributed by atoms with Gasteiger partial charge in [-0.1, -0.05) is 81.1 Å². The molecule has 0 heterocycles. The standard InChI is InChI=1S/C13H21B/c1-4-11-13(3,5-2)14-12-9-7-6-8-10-12/h6-10,14H,4-5,11H2,1-3H3. The average molecular weight is 188 g/mol. The molecule has 1 atom stereocenters. The van der Waals surface area contributed by atoms with Crippen LogP contribution in [-0.4, -0.2) is 7.28 Å². The Bertz CT molecular complexity index is 255. The molecule has 0 saturated carbocycles. The van der Waals surface area contributed by atoms with Crippen LogP contribution in [0.1, 0.15) is 40.0 Å². The van der Waals surface area contributed by atoms with Gasteiger partial charge < -0.3 is 0 Å². The van der Waals surface area contributed by atoms with Crippen LogP contribution in [0.2, 0.25) is 5.31 Å². The van der Waals surface area contributed by atoms with Crippen molar-refractivity contribution in [2.45, 2.75) is 45.3 Å². The summed E-state index contributed by atoms with van der Waals surface area (Å²) in [6.07, 6.45) is 3.89. The highest BCUT2D eigenvalue weighted by Gasteiger charge is 2.22. The maximum absolute atomic E-state index is 2.41. The summed E-state index contributed by atoms with van der Waals surface area (Å²) in [5.41, 5.74) is 1.48. The van der Waals surface area contributed by atoms with Crippen LogP contribution in [-0.2, 0) is 0 Å². The zero-order valence-electron chi connectivity index (χ0n) is 9.72. The van der Waals surface area contributed by atoms with E-state index < -0.39 is 0 Å². The van der Waals surface area contributed by atoms with E-state index in [9.17, 15) is 0 Å². The molecule has 0 aliphatic heterocycles. The topological polar surface area (TPSA) is 0 Å². The van der Waals surface area contributed by atoms with Gasteiger partial charge in [-0.15, -0.1) is 0 Å². The quantitative estimate of drug-likeness (QED) is 0.622. The largest absolute Gasteiger partial charge is 0.163 e. The number of benzene rings is 1. The van der Waals surface area contributed by atoms with Gasteiger partial charge in [0.25, 0.3) is 0 Å². The summed E-state index contributed by atoms with van der Waals surface area (Å²) < 4.78 is 0. The summed E-state index contributed by atoms with van der Waals surface area (Å²) in [6.45, 7) is 6.99. The summed E-state index contributed by atoms with van der Waals surface area (Å²) in [5, 5.41) is 0.496. The molecule has 0 saturated heterocycles. The van der Waals surface area contributed by atoms with E-state index in [1.54, 1.807) is 0 Å². The van der Waals surface area contributed by atoms with Gasteiger partial charge in [0, 0.05) is 0 Å². The van der Waals surface area contributed by atoms with Crippen LogP contribution in [0.3, 0.4) is 0 Å². The third-order valence-electron chi connectivity index (χ3n) is 3.18. The average Bonchev–Trinajstić information content (AvgIpc) is 2.20. The van der Waals surface area contributed by atoms with Gasteiger partial charge in [-0.05, 0) is 0 Å². The third-order valence-corrected chi connectivity index (χ3v) is 3.18. The molecule has 1 aromatic carbocycles. The molecule has 0 spiro atoms. The van der Waals surface area contributed by atoms with Crippen molar-refractivity contribution in [1.82, 2.24) is 0 Å². The minimum Gasteiger partial charge on any atom is -0.0839 e. The van der Waals surface area contributed by atoms with E-state index in [-0.39, 0.29) is 0 Å². The lowest BCUT2D eigenvalue weighted by atomic mass is 9.47. The van der Waals surface area contributed by atoms with Gasteiger partial charge in [-0.25, -0.2) is 0 Å². The minimum atomic E-state index is 0.496. The Morgan fingerprint density at radius 1 is 1.14 bits per heavy atom.